The zero-order valence-electron chi connectivity index (χ0n) is 18.2. The minimum Gasteiger partial charge on any atom is -0.369 e. The van der Waals surface area contributed by atoms with Crippen LogP contribution in [0.4, 0.5) is 0 Å². The smallest absolute Gasteiger partial charge is 0.244 e. The highest BCUT2D eigenvalue weighted by Crippen LogP contribution is 2.48. The lowest BCUT2D eigenvalue weighted by molar-refractivity contribution is -0.520. The number of carbonyl (C=O) groups excluding carboxylic acids is 1. The molecule has 3 atom stereocenters. The van der Waals surface area contributed by atoms with E-state index < -0.39 is 5.41 Å². The molecule has 1 amide bonds. The lowest BCUT2D eigenvalue weighted by Crippen LogP contribution is -2.48. The molecular formula is C26H32N3O2+. The van der Waals surface area contributed by atoms with E-state index in [4.69, 9.17) is 10.5 Å². The molecule has 5 heteroatoms. The van der Waals surface area contributed by atoms with Gasteiger partial charge in [0.2, 0.25) is 11.7 Å². The Morgan fingerprint density at radius 1 is 1.10 bits per heavy atom. The monoisotopic (exact) mass is 418 g/mol. The van der Waals surface area contributed by atoms with Crippen LogP contribution in [0.15, 0.2) is 60.7 Å². The fourth-order valence-electron chi connectivity index (χ4n) is 5.98. The van der Waals surface area contributed by atoms with Gasteiger partial charge in [-0.15, -0.1) is 0 Å². The third-order valence-electron chi connectivity index (χ3n) is 7.62. The highest BCUT2D eigenvalue weighted by Gasteiger charge is 2.52. The largest absolute Gasteiger partial charge is 0.369 e. The molecule has 2 aliphatic heterocycles. The Kier molecular flexibility index (Phi) is 5.30. The number of nitrogens with zero attached hydrogens (tertiary/aromatic N) is 2. The van der Waals surface area contributed by atoms with Crippen molar-refractivity contribution >= 4 is 11.7 Å². The van der Waals surface area contributed by atoms with Gasteiger partial charge in [0.1, 0.15) is 31.2 Å². The van der Waals surface area contributed by atoms with Gasteiger partial charge in [0.15, 0.2) is 0 Å². The summed E-state index contributed by atoms with van der Waals surface area (Å²) in [6.07, 6.45) is 3.46. The van der Waals surface area contributed by atoms with Crippen molar-refractivity contribution in [2.45, 2.75) is 43.7 Å². The van der Waals surface area contributed by atoms with Crippen LogP contribution in [0.1, 0.15) is 37.3 Å². The van der Waals surface area contributed by atoms with Gasteiger partial charge in [0, 0.05) is 6.92 Å². The highest BCUT2D eigenvalue weighted by atomic mass is 16.6. The Morgan fingerprint density at radius 2 is 1.71 bits per heavy atom. The van der Waals surface area contributed by atoms with Crippen LogP contribution in [0, 0.1) is 5.92 Å². The van der Waals surface area contributed by atoms with Crippen molar-refractivity contribution in [2.24, 2.45) is 11.7 Å². The number of primary amides is 1. The van der Waals surface area contributed by atoms with Gasteiger partial charge in [-0.05, 0) is 36.3 Å². The molecule has 2 aromatic carbocycles. The molecule has 0 aromatic heterocycles. The maximum Gasteiger partial charge on any atom is 0.244 e. The molecule has 1 saturated heterocycles. The number of nitrogens with two attached hydrogens (primary N) is 1. The van der Waals surface area contributed by atoms with E-state index in [1.165, 1.54) is 5.84 Å². The van der Waals surface area contributed by atoms with Crippen LogP contribution in [0.3, 0.4) is 0 Å². The van der Waals surface area contributed by atoms with Crippen LogP contribution in [0.25, 0.3) is 0 Å². The van der Waals surface area contributed by atoms with E-state index in [0.717, 1.165) is 56.6 Å². The van der Waals surface area contributed by atoms with E-state index in [0.29, 0.717) is 12.1 Å². The number of benzene rings is 2. The Balaban J connectivity index is 1.47. The minimum atomic E-state index is -0.799. The molecule has 2 aromatic rings. The predicted octanol–water partition coefficient (Wildman–Crippen LogP) is 2.77. The molecule has 0 spiro atoms. The van der Waals surface area contributed by atoms with E-state index in [2.05, 4.69) is 40.7 Å². The van der Waals surface area contributed by atoms with Crippen LogP contribution >= 0.6 is 0 Å². The first kappa shape index (κ1) is 20.3. The molecule has 5 rings (SSSR count). The van der Waals surface area contributed by atoms with Gasteiger partial charge in [0.05, 0.1) is 12.6 Å². The van der Waals surface area contributed by atoms with Gasteiger partial charge >= 0.3 is 0 Å². The van der Waals surface area contributed by atoms with Crippen molar-refractivity contribution in [1.29, 1.82) is 0 Å². The number of rotatable bonds is 7. The third-order valence-corrected chi connectivity index (χ3v) is 7.62. The van der Waals surface area contributed by atoms with Gasteiger partial charge in [-0.2, -0.15) is 0 Å². The molecule has 1 unspecified atom stereocenters. The molecule has 31 heavy (non-hydrogen) atoms. The molecule has 2 heterocycles. The van der Waals surface area contributed by atoms with Gasteiger partial charge in [-0.1, -0.05) is 60.7 Å². The quantitative estimate of drug-likeness (QED) is 0.556. The van der Waals surface area contributed by atoms with Crippen LogP contribution < -0.4 is 5.73 Å². The SMILES string of the molecule is CC1=[N+](CC2CO2)CCN1[C@@H]1CC[C@H](C(C(N)=O)(c2ccccc2)c2ccccc2)C1. The van der Waals surface area contributed by atoms with E-state index in [1.807, 2.05) is 36.4 Å². The first-order valence-corrected chi connectivity index (χ1v) is 11.5. The number of amides is 1. The summed E-state index contributed by atoms with van der Waals surface area (Å²) in [5.41, 5.74) is 7.46. The second-order valence-corrected chi connectivity index (χ2v) is 9.21. The summed E-state index contributed by atoms with van der Waals surface area (Å²) in [5, 5.41) is 0. The Hall–Kier alpha value is -2.66. The Morgan fingerprint density at radius 3 is 2.26 bits per heavy atom. The van der Waals surface area contributed by atoms with Gasteiger partial charge in [-0.25, -0.2) is 0 Å². The number of carbonyl (C=O) groups is 1. The van der Waals surface area contributed by atoms with Crippen molar-refractivity contribution in [3.05, 3.63) is 71.8 Å². The Labute approximate surface area is 184 Å². The van der Waals surface area contributed by atoms with Crippen molar-refractivity contribution in [3.8, 4) is 0 Å². The summed E-state index contributed by atoms with van der Waals surface area (Å²) in [6, 6.07) is 20.8. The van der Waals surface area contributed by atoms with E-state index in [9.17, 15) is 4.79 Å². The first-order chi connectivity index (χ1) is 15.1. The third kappa shape index (κ3) is 3.55. The Bertz CT molecular complexity index is 929. The van der Waals surface area contributed by atoms with Gasteiger partial charge in [0.25, 0.3) is 0 Å². The van der Waals surface area contributed by atoms with Crippen molar-refractivity contribution in [2.75, 3.05) is 26.2 Å². The maximum atomic E-state index is 13.3. The zero-order valence-corrected chi connectivity index (χ0v) is 18.2. The van der Waals surface area contributed by atoms with Crippen LogP contribution in [-0.2, 0) is 14.9 Å². The first-order valence-electron chi connectivity index (χ1n) is 11.5. The van der Waals surface area contributed by atoms with Crippen molar-refractivity contribution < 1.29 is 14.1 Å². The topological polar surface area (TPSA) is 61.9 Å². The number of hydrogen-bond donors (Lipinski definition) is 1. The normalized spacial score (nSPS) is 25.8. The zero-order chi connectivity index (χ0) is 21.4. The molecule has 5 nitrogen and oxygen atoms in total. The summed E-state index contributed by atoms with van der Waals surface area (Å²) in [4.78, 5) is 15.8. The van der Waals surface area contributed by atoms with E-state index in [-0.39, 0.29) is 11.8 Å². The van der Waals surface area contributed by atoms with Crippen LogP contribution in [-0.4, -0.2) is 59.6 Å². The van der Waals surface area contributed by atoms with Crippen molar-refractivity contribution in [3.63, 3.8) is 0 Å². The summed E-state index contributed by atoms with van der Waals surface area (Å²) in [6.45, 7) is 6.24. The fourth-order valence-corrected chi connectivity index (χ4v) is 5.98. The number of amidine groups is 1. The molecule has 3 aliphatic rings. The molecule has 2 fully saturated rings. The predicted molar refractivity (Wildman–Crippen MR) is 121 cm³/mol. The standard InChI is InChI=1S/C26H31N3O2/c1-19-28(17-24-18-31-24)14-15-29(19)23-13-12-22(16-23)26(25(27)30,20-8-4-2-5-9-20)21-10-6-3-7-11-21/h2-11,22-24H,12-18H2,1H3,(H-,27,30)/p+1/t22-,23+,24?/m0/s1. The number of ether oxygens (including phenoxy) is 1. The molecule has 0 radical (unpaired) electrons. The van der Waals surface area contributed by atoms with Crippen LogP contribution in [0.2, 0.25) is 0 Å². The molecule has 2 N–H and O–H groups in total. The molecule has 1 aliphatic carbocycles. The number of epoxide rings is 1. The second kappa shape index (κ2) is 8.12. The summed E-state index contributed by atoms with van der Waals surface area (Å²) in [5.74, 6) is 1.28. The van der Waals surface area contributed by atoms with Crippen LogP contribution in [0.5, 0.6) is 0 Å². The average molecular weight is 419 g/mol. The molecular weight excluding hydrogens is 386 g/mol. The summed E-state index contributed by atoms with van der Waals surface area (Å²) in [7, 11) is 0. The summed E-state index contributed by atoms with van der Waals surface area (Å²) >= 11 is 0. The lowest BCUT2D eigenvalue weighted by Gasteiger charge is -2.37. The van der Waals surface area contributed by atoms with Gasteiger partial charge < -0.3 is 10.5 Å². The van der Waals surface area contributed by atoms with Gasteiger partial charge in [-0.3, -0.25) is 14.3 Å². The molecule has 1 saturated carbocycles. The van der Waals surface area contributed by atoms with E-state index in [1.54, 1.807) is 0 Å². The molecule has 162 valence electrons. The summed E-state index contributed by atoms with van der Waals surface area (Å²) < 4.78 is 7.90. The number of hydrogen-bond acceptors (Lipinski definition) is 3. The second-order valence-electron chi connectivity index (χ2n) is 9.21. The average Bonchev–Trinajstić information content (AvgIpc) is 3.36. The molecule has 0 bridgehead atoms. The van der Waals surface area contributed by atoms with E-state index >= 15 is 0 Å². The van der Waals surface area contributed by atoms with Crippen molar-refractivity contribution in [1.82, 2.24) is 4.90 Å². The highest BCUT2D eigenvalue weighted by molar-refractivity contribution is 5.91. The minimum absolute atomic E-state index is 0.174. The lowest BCUT2D eigenvalue weighted by atomic mass is 9.64. The fraction of sp³-hybridized carbons (Fsp3) is 0.462. The maximum absolute atomic E-state index is 13.3.